The number of fused-ring (bicyclic) bond motifs is 2. The molecular formula is C23H29ClN2O. The van der Waals surface area contributed by atoms with Gasteiger partial charge in [0.1, 0.15) is 0 Å². The Balaban J connectivity index is 0.00000210. The molecule has 27 heavy (non-hydrogen) atoms. The molecule has 4 heteroatoms. The first-order valence-electron chi connectivity index (χ1n) is 9.82. The zero-order chi connectivity index (χ0) is 18.0. The maximum atomic E-state index is 13.3. The Morgan fingerprint density at radius 1 is 1.04 bits per heavy atom. The average molecular weight is 385 g/mol. The fourth-order valence-electron chi connectivity index (χ4n) is 5.16. The van der Waals surface area contributed by atoms with E-state index in [9.17, 15) is 4.79 Å². The largest absolute Gasteiger partial charge is 0.399 e. The summed E-state index contributed by atoms with van der Waals surface area (Å²) in [7, 11) is 0. The normalized spacial score (nSPS) is 25.8. The maximum Gasteiger partial charge on any atom is 0.226 e. The van der Waals surface area contributed by atoms with Crippen molar-refractivity contribution in [3.8, 4) is 0 Å². The third-order valence-corrected chi connectivity index (χ3v) is 6.47. The predicted molar refractivity (Wildman–Crippen MR) is 113 cm³/mol. The number of rotatable bonds is 6. The monoisotopic (exact) mass is 384 g/mol. The first-order chi connectivity index (χ1) is 12.7. The molecule has 0 heterocycles. The second-order valence-corrected chi connectivity index (χ2v) is 8.15. The van der Waals surface area contributed by atoms with Gasteiger partial charge < -0.3 is 11.1 Å². The minimum Gasteiger partial charge on any atom is -0.399 e. The Hall–Kier alpha value is -2.00. The van der Waals surface area contributed by atoms with E-state index < -0.39 is 0 Å². The van der Waals surface area contributed by atoms with Crippen molar-refractivity contribution in [2.75, 3.05) is 12.3 Å². The summed E-state index contributed by atoms with van der Waals surface area (Å²) in [5.74, 6) is 1.56. The lowest BCUT2D eigenvalue weighted by atomic mass is 9.68. The Morgan fingerprint density at radius 3 is 2.41 bits per heavy atom. The predicted octanol–water partition coefficient (Wildman–Crippen LogP) is 4.40. The van der Waals surface area contributed by atoms with Gasteiger partial charge in [0, 0.05) is 12.2 Å². The van der Waals surface area contributed by atoms with Crippen molar-refractivity contribution < 1.29 is 4.79 Å². The molecule has 2 bridgehead atoms. The van der Waals surface area contributed by atoms with Crippen LogP contribution in [0.2, 0.25) is 0 Å². The van der Waals surface area contributed by atoms with Crippen LogP contribution in [0.5, 0.6) is 0 Å². The van der Waals surface area contributed by atoms with Gasteiger partial charge in [-0.05, 0) is 67.2 Å². The van der Waals surface area contributed by atoms with Gasteiger partial charge in [0.15, 0.2) is 0 Å². The van der Waals surface area contributed by atoms with Crippen LogP contribution in [-0.2, 0) is 17.6 Å². The Kier molecular flexibility index (Phi) is 6.11. The Labute approximate surface area is 168 Å². The Morgan fingerprint density at radius 2 is 1.78 bits per heavy atom. The number of amides is 1. The van der Waals surface area contributed by atoms with Gasteiger partial charge in [0.25, 0.3) is 0 Å². The molecule has 2 saturated carbocycles. The van der Waals surface area contributed by atoms with E-state index in [0.29, 0.717) is 12.5 Å². The van der Waals surface area contributed by atoms with Crippen LogP contribution in [0.3, 0.4) is 0 Å². The van der Waals surface area contributed by atoms with Crippen molar-refractivity contribution in [3.05, 3.63) is 65.7 Å². The van der Waals surface area contributed by atoms with Crippen LogP contribution in [0.25, 0.3) is 0 Å². The lowest BCUT2D eigenvalue weighted by Crippen LogP contribution is -2.46. The number of nitrogens with one attached hydrogen (secondary N) is 1. The summed E-state index contributed by atoms with van der Waals surface area (Å²) >= 11 is 0. The van der Waals surface area contributed by atoms with Crippen LogP contribution in [0.1, 0.15) is 36.8 Å². The summed E-state index contributed by atoms with van der Waals surface area (Å²) < 4.78 is 0. The molecule has 2 aromatic rings. The van der Waals surface area contributed by atoms with E-state index >= 15 is 0 Å². The molecule has 0 aliphatic heterocycles. The van der Waals surface area contributed by atoms with Crippen molar-refractivity contribution in [2.45, 2.75) is 38.5 Å². The van der Waals surface area contributed by atoms with Crippen LogP contribution in [0, 0.1) is 17.3 Å². The fraction of sp³-hybridized carbons (Fsp3) is 0.435. The maximum absolute atomic E-state index is 13.3. The van der Waals surface area contributed by atoms with E-state index in [-0.39, 0.29) is 23.7 Å². The summed E-state index contributed by atoms with van der Waals surface area (Å²) in [6.07, 6.45) is 6.53. The third kappa shape index (κ3) is 4.14. The quantitative estimate of drug-likeness (QED) is 0.725. The molecule has 0 spiro atoms. The van der Waals surface area contributed by atoms with Gasteiger partial charge in [0.05, 0.1) is 5.41 Å². The number of halogens is 1. The van der Waals surface area contributed by atoms with Crippen LogP contribution >= 0.6 is 12.4 Å². The second kappa shape index (κ2) is 8.35. The smallest absolute Gasteiger partial charge is 0.226 e. The summed E-state index contributed by atoms with van der Waals surface area (Å²) in [5.41, 5.74) is 8.82. The summed E-state index contributed by atoms with van der Waals surface area (Å²) in [4.78, 5) is 13.3. The number of hydrogen-bond donors (Lipinski definition) is 2. The zero-order valence-electron chi connectivity index (χ0n) is 15.7. The lowest BCUT2D eigenvalue weighted by molar-refractivity contribution is -0.134. The van der Waals surface area contributed by atoms with Gasteiger partial charge in [-0.15, -0.1) is 12.4 Å². The molecule has 3 nitrogen and oxygen atoms in total. The molecule has 1 amide bonds. The number of carbonyl (C=O) groups is 1. The second-order valence-electron chi connectivity index (χ2n) is 8.15. The molecule has 3 unspecified atom stereocenters. The lowest BCUT2D eigenvalue weighted by Gasteiger charge is -2.36. The molecule has 2 aromatic carbocycles. The summed E-state index contributed by atoms with van der Waals surface area (Å²) in [6.45, 7) is 0.691. The molecule has 2 fully saturated rings. The zero-order valence-corrected chi connectivity index (χ0v) is 16.5. The SMILES string of the molecule is Cl.Nc1ccc(CCNC(=O)C2(Cc3ccccc3)CC3CCC2C3)cc1. The fourth-order valence-corrected chi connectivity index (χ4v) is 5.16. The molecule has 2 aliphatic carbocycles. The van der Waals surface area contributed by atoms with E-state index in [1.54, 1.807) is 0 Å². The number of benzene rings is 2. The van der Waals surface area contributed by atoms with Gasteiger partial charge in [0.2, 0.25) is 5.91 Å². The standard InChI is InChI=1S/C23H28N2O.ClH/c24-21-10-7-17(8-11-21)12-13-25-22(26)23(15-18-4-2-1-3-5-18)16-19-6-9-20(23)14-19;/h1-5,7-8,10-11,19-20H,6,9,12-16,24H2,(H,25,26);1H. The molecule has 4 rings (SSSR count). The molecule has 0 radical (unpaired) electrons. The minimum absolute atomic E-state index is 0. The highest BCUT2D eigenvalue weighted by Crippen LogP contribution is 2.57. The van der Waals surface area contributed by atoms with Gasteiger partial charge in [-0.2, -0.15) is 0 Å². The first kappa shape index (κ1) is 19.8. The van der Waals surface area contributed by atoms with E-state index in [1.165, 1.54) is 30.4 Å². The molecule has 3 atom stereocenters. The van der Waals surface area contributed by atoms with Crippen molar-refractivity contribution in [1.82, 2.24) is 5.32 Å². The van der Waals surface area contributed by atoms with Crippen molar-refractivity contribution in [3.63, 3.8) is 0 Å². The highest BCUT2D eigenvalue weighted by molar-refractivity contribution is 5.85. The van der Waals surface area contributed by atoms with E-state index in [0.717, 1.165) is 30.9 Å². The highest BCUT2D eigenvalue weighted by atomic mass is 35.5. The van der Waals surface area contributed by atoms with Gasteiger partial charge in [-0.25, -0.2) is 0 Å². The minimum atomic E-state index is -0.203. The summed E-state index contributed by atoms with van der Waals surface area (Å²) in [6, 6.07) is 18.4. The van der Waals surface area contributed by atoms with Gasteiger partial charge in [-0.1, -0.05) is 48.9 Å². The van der Waals surface area contributed by atoms with Crippen LogP contribution in [-0.4, -0.2) is 12.5 Å². The molecular weight excluding hydrogens is 356 g/mol. The number of anilines is 1. The topological polar surface area (TPSA) is 55.1 Å². The van der Waals surface area contributed by atoms with E-state index in [1.807, 2.05) is 30.3 Å². The molecule has 0 saturated heterocycles. The van der Waals surface area contributed by atoms with E-state index in [2.05, 4.69) is 29.6 Å². The van der Waals surface area contributed by atoms with Crippen molar-refractivity contribution >= 4 is 24.0 Å². The van der Waals surface area contributed by atoms with E-state index in [4.69, 9.17) is 5.73 Å². The Bertz CT molecular complexity index is 762. The van der Waals surface area contributed by atoms with Gasteiger partial charge in [-0.3, -0.25) is 4.79 Å². The number of nitrogen functional groups attached to an aromatic ring is 1. The molecule has 3 N–H and O–H groups in total. The molecule has 0 aromatic heterocycles. The first-order valence-corrected chi connectivity index (χ1v) is 9.82. The van der Waals surface area contributed by atoms with Crippen LogP contribution in [0.4, 0.5) is 5.69 Å². The average Bonchev–Trinajstić information content (AvgIpc) is 3.26. The number of carbonyl (C=O) groups excluding carboxylic acids is 1. The molecule has 144 valence electrons. The van der Waals surface area contributed by atoms with Crippen LogP contribution in [0.15, 0.2) is 54.6 Å². The highest BCUT2D eigenvalue weighted by Gasteiger charge is 2.55. The molecule has 2 aliphatic rings. The van der Waals surface area contributed by atoms with Crippen LogP contribution < -0.4 is 11.1 Å². The van der Waals surface area contributed by atoms with Gasteiger partial charge >= 0.3 is 0 Å². The third-order valence-electron chi connectivity index (χ3n) is 6.47. The number of nitrogens with two attached hydrogens (primary N) is 1. The number of hydrogen-bond acceptors (Lipinski definition) is 2. The van der Waals surface area contributed by atoms with Crippen molar-refractivity contribution in [2.24, 2.45) is 17.3 Å². The van der Waals surface area contributed by atoms with Crippen molar-refractivity contribution in [1.29, 1.82) is 0 Å². The summed E-state index contributed by atoms with van der Waals surface area (Å²) in [5, 5.41) is 3.26.